The molecule has 6 nitrogen and oxygen atoms in total. The maximum absolute atomic E-state index is 13.3. The lowest BCUT2D eigenvalue weighted by molar-refractivity contribution is -0.175. The predicted molar refractivity (Wildman–Crippen MR) is 170 cm³/mol. The monoisotopic (exact) mass is 585 g/mol. The van der Waals surface area contributed by atoms with Crippen LogP contribution >= 0.6 is 0 Å². The van der Waals surface area contributed by atoms with Crippen molar-refractivity contribution < 1.29 is 15.0 Å². The molecule has 0 aliphatic heterocycles. The number of phenolic OH excluding ortho intramolecular Hbond substituents is 1. The van der Waals surface area contributed by atoms with Gasteiger partial charge in [0.25, 0.3) is 0 Å². The number of carboxylic acids is 1. The summed E-state index contributed by atoms with van der Waals surface area (Å²) >= 11 is 0. The van der Waals surface area contributed by atoms with E-state index in [2.05, 4.69) is 59.6 Å². The van der Waals surface area contributed by atoms with Crippen molar-refractivity contribution in [1.82, 2.24) is 10.2 Å². The molecule has 2 aromatic rings. The van der Waals surface area contributed by atoms with Crippen molar-refractivity contribution in [1.29, 1.82) is 0 Å². The van der Waals surface area contributed by atoms with Gasteiger partial charge in [-0.2, -0.15) is 5.10 Å². The van der Waals surface area contributed by atoms with E-state index in [9.17, 15) is 15.0 Å². The lowest BCUT2D eigenvalue weighted by Gasteiger charge is -2.71. The van der Waals surface area contributed by atoms with Crippen LogP contribution in [0.25, 0.3) is 5.57 Å². The van der Waals surface area contributed by atoms with E-state index in [0.29, 0.717) is 17.7 Å². The number of benzene rings is 1. The van der Waals surface area contributed by atoms with E-state index in [-0.39, 0.29) is 38.7 Å². The summed E-state index contributed by atoms with van der Waals surface area (Å²) in [6.45, 7) is 17.0. The van der Waals surface area contributed by atoms with Gasteiger partial charge in [0.15, 0.2) is 0 Å². The number of phenols is 1. The summed E-state index contributed by atoms with van der Waals surface area (Å²) in [4.78, 5) is 13.3. The van der Waals surface area contributed by atoms with Crippen LogP contribution in [0.3, 0.4) is 0 Å². The van der Waals surface area contributed by atoms with Crippen LogP contribution in [0.2, 0.25) is 0 Å². The molecular weight excluding hydrogens is 534 g/mol. The van der Waals surface area contributed by atoms with Crippen LogP contribution in [0.5, 0.6) is 5.75 Å². The number of allylic oxidation sites excluding steroid dienone is 2. The third-order valence-electron chi connectivity index (χ3n) is 14.6. The van der Waals surface area contributed by atoms with Crippen molar-refractivity contribution in [2.45, 2.75) is 112 Å². The van der Waals surface area contributed by atoms with Crippen molar-refractivity contribution in [3.05, 3.63) is 46.7 Å². The molecule has 1 heterocycles. The molecule has 0 saturated heterocycles. The number of nitrogens with zero attached hydrogens (tertiary/aromatic N) is 1. The molecule has 6 heteroatoms. The topological polar surface area (TPSA) is 112 Å². The minimum atomic E-state index is -0.719. The van der Waals surface area contributed by atoms with Gasteiger partial charge in [-0.3, -0.25) is 9.89 Å². The summed E-state index contributed by atoms with van der Waals surface area (Å²) in [5.74, 6) is 1.19. The van der Waals surface area contributed by atoms with Crippen molar-refractivity contribution in [3.8, 4) is 5.75 Å². The molecule has 0 amide bonds. The van der Waals surface area contributed by atoms with Gasteiger partial charge in [-0.15, -0.1) is 0 Å². The number of nitrogen functional groups attached to an aromatic ring is 1. The Hall–Kier alpha value is -2.76. The lowest BCUT2D eigenvalue weighted by atomic mass is 9.33. The summed E-state index contributed by atoms with van der Waals surface area (Å²) < 4.78 is 0. The quantitative estimate of drug-likeness (QED) is 0.284. The highest BCUT2D eigenvalue weighted by Gasteiger charge is 2.70. The molecule has 0 radical (unpaired) electrons. The van der Waals surface area contributed by atoms with E-state index in [0.717, 1.165) is 69.0 Å². The number of hydrogen-bond acceptors (Lipinski definition) is 4. The third-order valence-corrected chi connectivity index (χ3v) is 14.6. The molecule has 5 N–H and O–H groups in total. The fourth-order valence-corrected chi connectivity index (χ4v) is 12.1. The Morgan fingerprint density at radius 2 is 1.72 bits per heavy atom. The summed E-state index contributed by atoms with van der Waals surface area (Å²) in [5.41, 5.74) is 11.8. The van der Waals surface area contributed by atoms with Crippen molar-refractivity contribution in [3.63, 3.8) is 0 Å². The fraction of sp³-hybridized carbons (Fsp3) is 0.676. The van der Waals surface area contributed by atoms with Crippen molar-refractivity contribution in [2.24, 2.45) is 44.8 Å². The van der Waals surface area contributed by atoms with Gasteiger partial charge in [-0.1, -0.05) is 66.2 Å². The van der Waals surface area contributed by atoms with E-state index in [1.807, 2.05) is 12.1 Å². The number of H-pyrrole nitrogens is 1. The Morgan fingerprint density at radius 3 is 2.42 bits per heavy atom. The Bertz CT molecular complexity index is 1550. The maximum Gasteiger partial charge on any atom is 0.310 e. The zero-order valence-electron chi connectivity index (χ0n) is 27.2. The molecular formula is C37H51N3O3. The number of aromatic hydroxyl groups is 1. The van der Waals surface area contributed by atoms with Crippen LogP contribution in [0.1, 0.15) is 117 Å². The second-order valence-corrected chi connectivity index (χ2v) is 17.3. The Balaban J connectivity index is 1.49. The minimum Gasteiger partial charge on any atom is -0.508 e. The zero-order valence-corrected chi connectivity index (χ0v) is 27.2. The smallest absolute Gasteiger partial charge is 0.310 e. The lowest BCUT2D eigenvalue weighted by Crippen LogP contribution is -2.65. The second-order valence-electron chi connectivity index (χ2n) is 17.3. The summed E-state index contributed by atoms with van der Waals surface area (Å²) in [7, 11) is 0. The first kappa shape index (κ1) is 29.0. The summed E-state index contributed by atoms with van der Waals surface area (Å²) in [5, 5.41) is 29.5. The van der Waals surface area contributed by atoms with E-state index < -0.39 is 11.4 Å². The van der Waals surface area contributed by atoms with Gasteiger partial charge in [-0.25, -0.2) is 0 Å². The molecule has 1 aromatic heterocycles. The number of aliphatic carboxylic acids is 1. The number of nitrogens with two attached hydrogens (primary N) is 1. The Kier molecular flexibility index (Phi) is 5.86. The normalized spacial score (nSPS) is 40.9. The van der Waals surface area contributed by atoms with E-state index >= 15 is 0 Å². The van der Waals surface area contributed by atoms with Gasteiger partial charge < -0.3 is 15.9 Å². The second kappa shape index (κ2) is 8.69. The largest absolute Gasteiger partial charge is 0.508 e. The average Bonchev–Trinajstić information content (AvgIpc) is 3.28. The van der Waals surface area contributed by atoms with E-state index in [4.69, 9.17) is 10.8 Å². The first-order valence-electron chi connectivity index (χ1n) is 16.6. The number of fused-ring (bicyclic) bond motifs is 8. The van der Waals surface area contributed by atoms with Gasteiger partial charge >= 0.3 is 5.97 Å². The third kappa shape index (κ3) is 3.58. The molecule has 0 spiro atoms. The first-order valence-corrected chi connectivity index (χ1v) is 16.6. The summed E-state index contributed by atoms with van der Waals surface area (Å²) in [6, 6.07) is 7.78. The van der Waals surface area contributed by atoms with Crippen molar-refractivity contribution in [2.75, 3.05) is 5.73 Å². The van der Waals surface area contributed by atoms with Crippen LogP contribution in [0.15, 0.2) is 29.8 Å². The van der Waals surface area contributed by atoms with Crippen LogP contribution < -0.4 is 5.73 Å². The highest BCUT2D eigenvalue weighted by Crippen LogP contribution is 2.77. The minimum absolute atomic E-state index is 0.00619. The SMILES string of the molecule is CC1(C)CC[C@]2(C(=O)O)CC[C@]3(C)C(=C(c4cccc(O)c4)CC4[C@@]5(C)Cc6c(n[nH]c6N)C(C)(C)C5CC[C@]43C)C2C1. The number of carbonyl (C=O) groups is 1. The zero-order chi connectivity index (χ0) is 31.0. The molecule has 1 aromatic carbocycles. The number of aromatic amines is 1. The molecule has 7 atom stereocenters. The first-order chi connectivity index (χ1) is 20.0. The van der Waals surface area contributed by atoms with Gasteiger partial charge in [0.05, 0.1) is 11.1 Å². The van der Waals surface area contributed by atoms with Crippen molar-refractivity contribution >= 4 is 17.4 Å². The Morgan fingerprint density at radius 1 is 1.00 bits per heavy atom. The highest BCUT2D eigenvalue weighted by atomic mass is 16.4. The number of aromatic nitrogens is 2. The molecule has 5 aliphatic carbocycles. The molecule has 43 heavy (non-hydrogen) atoms. The van der Waals surface area contributed by atoms with Crippen LogP contribution in [-0.4, -0.2) is 26.4 Å². The standard InChI is InChI=1S/C37H51N3O3/c1-32(2)13-15-37(31(42)43)16-14-36(7)28(25(37)20-32)23(21-9-8-10-22(41)17-21)18-27-34(5)19-24-29(39-40-30(24)38)33(3,4)26(34)11-12-35(27,36)6/h8-10,17,25-27,41H,11-16,18-20H2,1-7H3,(H,42,43)(H3,38,39,40)/t25?,26?,27?,34-,35+,36+,37-/m0/s1. The van der Waals surface area contributed by atoms with Crippen LogP contribution in [-0.2, 0) is 16.6 Å². The van der Waals surface area contributed by atoms with Crippen LogP contribution in [0.4, 0.5) is 5.82 Å². The number of anilines is 1. The Labute approximate surface area is 256 Å². The van der Waals surface area contributed by atoms with Gasteiger partial charge in [0, 0.05) is 11.0 Å². The molecule has 0 bridgehead atoms. The molecule has 3 saturated carbocycles. The molecule has 3 unspecified atom stereocenters. The molecule has 3 fully saturated rings. The molecule has 232 valence electrons. The fourth-order valence-electron chi connectivity index (χ4n) is 12.1. The molecule has 5 aliphatic rings. The van der Waals surface area contributed by atoms with Gasteiger partial charge in [-0.05, 0) is 120 Å². The average molecular weight is 586 g/mol. The summed E-state index contributed by atoms with van der Waals surface area (Å²) in [6.07, 6.45) is 8.28. The predicted octanol–water partition coefficient (Wildman–Crippen LogP) is 8.12. The number of hydrogen-bond donors (Lipinski definition) is 4. The maximum atomic E-state index is 13.3. The molecule has 7 rings (SSSR count). The van der Waals surface area contributed by atoms with E-state index in [1.54, 1.807) is 6.07 Å². The van der Waals surface area contributed by atoms with E-state index in [1.165, 1.54) is 16.7 Å². The highest BCUT2D eigenvalue weighted by molar-refractivity contribution is 5.80. The number of nitrogens with one attached hydrogen (secondary N) is 1. The van der Waals surface area contributed by atoms with Crippen LogP contribution in [0, 0.1) is 44.8 Å². The number of rotatable bonds is 2. The number of carboxylic acid groups (broad SMARTS) is 1. The van der Waals surface area contributed by atoms with Gasteiger partial charge in [0.1, 0.15) is 11.6 Å². The van der Waals surface area contributed by atoms with Gasteiger partial charge in [0.2, 0.25) is 0 Å².